The number of halogens is 1. The average molecular weight is 223 g/mol. The summed E-state index contributed by atoms with van der Waals surface area (Å²) < 4.78 is 18.9. The fourth-order valence-corrected chi connectivity index (χ4v) is 2.28. The summed E-state index contributed by atoms with van der Waals surface area (Å²) in [6.07, 6.45) is 2.25. The lowest BCUT2D eigenvalue weighted by molar-refractivity contribution is 0.390. The molecule has 0 spiro atoms. The molecule has 0 saturated carbocycles. The van der Waals surface area contributed by atoms with Crippen LogP contribution in [0.1, 0.15) is 29.9 Å². The number of piperidine rings is 1. The summed E-state index contributed by atoms with van der Waals surface area (Å²) in [7, 11) is 1.65. The predicted molar refractivity (Wildman–Crippen MR) is 62.5 cm³/mol. The smallest absolute Gasteiger partial charge is 0.126 e. The van der Waals surface area contributed by atoms with E-state index in [-0.39, 0.29) is 5.82 Å². The van der Waals surface area contributed by atoms with E-state index in [0.29, 0.717) is 11.5 Å². The highest BCUT2D eigenvalue weighted by Gasteiger charge is 2.20. The molecular formula is C13H18FNO. The Morgan fingerprint density at radius 3 is 2.88 bits per heavy atom. The summed E-state index contributed by atoms with van der Waals surface area (Å²) in [5.74, 6) is 1.05. The van der Waals surface area contributed by atoms with Crippen molar-refractivity contribution in [2.24, 2.45) is 0 Å². The number of methoxy groups -OCH3 is 1. The molecule has 0 unspecified atom stereocenters. The number of hydrogen-bond donors (Lipinski definition) is 1. The Morgan fingerprint density at radius 1 is 1.44 bits per heavy atom. The largest absolute Gasteiger partial charge is 0.496 e. The highest BCUT2D eigenvalue weighted by molar-refractivity contribution is 5.40. The topological polar surface area (TPSA) is 21.3 Å². The first-order valence-corrected chi connectivity index (χ1v) is 5.77. The Balaban J connectivity index is 2.33. The molecule has 2 nitrogen and oxygen atoms in total. The zero-order valence-corrected chi connectivity index (χ0v) is 9.85. The van der Waals surface area contributed by atoms with E-state index in [0.717, 1.165) is 37.2 Å². The van der Waals surface area contributed by atoms with Crippen molar-refractivity contribution >= 4 is 0 Å². The van der Waals surface area contributed by atoms with Gasteiger partial charge in [0.15, 0.2) is 0 Å². The lowest BCUT2D eigenvalue weighted by Crippen LogP contribution is -2.28. The molecule has 0 aliphatic carbocycles. The van der Waals surface area contributed by atoms with Crippen molar-refractivity contribution in [3.05, 3.63) is 29.1 Å². The van der Waals surface area contributed by atoms with Gasteiger partial charge in [-0.25, -0.2) is 4.39 Å². The SMILES string of the molecule is COc1cc(C)c(F)cc1[C@H]1CCCNC1. The second-order valence-electron chi connectivity index (χ2n) is 4.39. The molecule has 1 aromatic rings. The minimum Gasteiger partial charge on any atom is -0.496 e. The van der Waals surface area contributed by atoms with Crippen LogP contribution in [0, 0.1) is 12.7 Å². The molecule has 16 heavy (non-hydrogen) atoms. The molecule has 1 fully saturated rings. The number of ether oxygens (including phenoxy) is 1. The van der Waals surface area contributed by atoms with Crippen LogP contribution in [0.25, 0.3) is 0 Å². The van der Waals surface area contributed by atoms with Crippen LogP contribution in [-0.2, 0) is 0 Å². The van der Waals surface area contributed by atoms with Crippen LogP contribution >= 0.6 is 0 Å². The molecule has 1 heterocycles. The van der Waals surface area contributed by atoms with Crippen molar-refractivity contribution in [3.8, 4) is 5.75 Å². The van der Waals surface area contributed by atoms with Gasteiger partial charge in [0.2, 0.25) is 0 Å². The molecule has 3 heteroatoms. The van der Waals surface area contributed by atoms with Crippen LogP contribution in [0.5, 0.6) is 5.75 Å². The molecular weight excluding hydrogens is 205 g/mol. The van der Waals surface area contributed by atoms with Crippen molar-refractivity contribution in [1.29, 1.82) is 0 Å². The number of rotatable bonds is 2. The molecule has 0 aromatic heterocycles. The third-order valence-corrected chi connectivity index (χ3v) is 3.25. The molecule has 1 aliphatic heterocycles. The van der Waals surface area contributed by atoms with Crippen LogP contribution in [-0.4, -0.2) is 20.2 Å². The van der Waals surface area contributed by atoms with Crippen LogP contribution < -0.4 is 10.1 Å². The minimum atomic E-state index is -0.138. The number of aryl methyl sites for hydroxylation is 1. The zero-order chi connectivity index (χ0) is 11.5. The third-order valence-electron chi connectivity index (χ3n) is 3.25. The van der Waals surface area contributed by atoms with Gasteiger partial charge in [-0.3, -0.25) is 0 Å². The maximum absolute atomic E-state index is 13.6. The first kappa shape index (κ1) is 11.4. The van der Waals surface area contributed by atoms with Crippen LogP contribution in [0.2, 0.25) is 0 Å². The Kier molecular flexibility index (Phi) is 3.44. The van der Waals surface area contributed by atoms with Gasteiger partial charge >= 0.3 is 0 Å². The molecule has 0 radical (unpaired) electrons. The van der Waals surface area contributed by atoms with E-state index in [2.05, 4.69) is 5.32 Å². The number of hydrogen-bond acceptors (Lipinski definition) is 2. The fourth-order valence-electron chi connectivity index (χ4n) is 2.28. The van der Waals surface area contributed by atoms with E-state index >= 15 is 0 Å². The first-order chi connectivity index (χ1) is 7.72. The molecule has 0 amide bonds. The Bertz CT molecular complexity index is 372. The number of benzene rings is 1. The second-order valence-corrected chi connectivity index (χ2v) is 4.39. The first-order valence-electron chi connectivity index (χ1n) is 5.77. The zero-order valence-electron chi connectivity index (χ0n) is 9.85. The van der Waals surface area contributed by atoms with Crippen molar-refractivity contribution in [1.82, 2.24) is 5.32 Å². The van der Waals surface area contributed by atoms with Crippen LogP contribution in [0.4, 0.5) is 4.39 Å². The van der Waals surface area contributed by atoms with Gasteiger partial charge in [0, 0.05) is 18.0 Å². The molecule has 1 N–H and O–H groups in total. The van der Waals surface area contributed by atoms with Gasteiger partial charge < -0.3 is 10.1 Å². The molecule has 0 bridgehead atoms. The molecule has 88 valence electrons. The van der Waals surface area contributed by atoms with Crippen molar-refractivity contribution < 1.29 is 9.13 Å². The van der Waals surface area contributed by atoms with Crippen LogP contribution in [0.3, 0.4) is 0 Å². The van der Waals surface area contributed by atoms with Gasteiger partial charge in [0.05, 0.1) is 7.11 Å². The van der Waals surface area contributed by atoms with Gasteiger partial charge in [-0.05, 0) is 44.0 Å². The lowest BCUT2D eigenvalue weighted by atomic mass is 9.90. The van der Waals surface area contributed by atoms with Crippen molar-refractivity contribution in [3.63, 3.8) is 0 Å². The summed E-state index contributed by atoms with van der Waals surface area (Å²) in [6.45, 7) is 3.74. The van der Waals surface area contributed by atoms with E-state index in [1.54, 1.807) is 26.2 Å². The van der Waals surface area contributed by atoms with Gasteiger partial charge in [0.1, 0.15) is 11.6 Å². The standard InChI is InChI=1S/C13H18FNO/c1-9-6-13(16-2)11(7-12(9)14)10-4-3-5-15-8-10/h6-7,10,15H,3-5,8H2,1-2H3/t10-/m0/s1. The quantitative estimate of drug-likeness (QED) is 0.832. The van der Waals surface area contributed by atoms with E-state index < -0.39 is 0 Å². The summed E-state index contributed by atoms with van der Waals surface area (Å²) in [6, 6.07) is 3.42. The monoisotopic (exact) mass is 223 g/mol. The van der Waals surface area contributed by atoms with Crippen LogP contribution in [0.15, 0.2) is 12.1 Å². The molecule has 1 aliphatic rings. The van der Waals surface area contributed by atoms with E-state index in [1.165, 1.54) is 0 Å². The summed E-state index contributed by atoms with van der Waals surface area (Å²) in [5, 5.41) is 3.34. The summed E-state index contributed by atoms with van der Waals surface area (Å²) in [4.78, 5) is 0. The Hall–Kier alpha value is -1.09. The average Bonchev–Trinajstić information content (AvgIpc) is 2.33. The van der Waals surface area contributed by atoms with E-state index in [9.17, 15) is 4.39 Å². The van der Waals surface area contributed by atoms with Gasteiger partial charge in [-0.1, -0.05) is 0 Å². The fraction of sp³-hybridized carbons (Fsp3) is 0.538. The Labute approximate surface area is 95.8 Å². The second kappa shape index (κ2) is 4.83. The van der Waals surface area contributed by atoms with Gasteiger partial charge in [0.25, 0.3) is 0 Å². The van der Waals surface area contributed by atoms with E-state index in [4.69, 9.17) is 4.74 Å². The van der Waals surface area contributed by atoms with Gasteiger partial charge in [-0.2, -0.15) is 0 Å². The van der Waals surface area contributed by atoms with Gasteiger partial charge in [-0.15, -0.1) is 0 Å². The lowest BCUT2D eigenvalue weighted by Gasteiger charge is -2.25. The van der Waals surface area contributed by atoms with Crippen molar-refractivity contribution in [2.45, 2.75) is 25.7 Å². The van der Waals surface area contributed by atoms with E-state index in [1.807, 2.05) is 0 Å². The predicted octanol–water partition coefficient (Wildman–Crippen LogP) is 2.61. The summed E-state index contributed by atoms with van der Waals surface area (Å²) in [5.41, 5.74) is 1.64. The molecule has 1 saturated heterocycles. The number of nitrogens with one attached hydrogen (secondary N) is 1. The molecule has 1 atom stereocenters. The molecule has 1 aromatic carbocycles. The highest BCUT2D eigenvalue weighted by Crippen LogP contribution is 2.32. The maximum atomic E-state index is 13.6. The third kappa shape index (κ3) is 2.19. The highest BCUT2D eigenvalue weighted by atomic mass is 19.1. The maximum Gasteiger partial charge on any atom is 0.126 e. The van der Waals surface area contributed by atoms with Crippen molar-refractivity contribution in [2.75, 3.05) is 20.2 Å². The molecule has 2 rings (SSSR count). The normalized spacial score (nSPS) is 20.8. The minimum absolute atomic E-state index is 0.138. The Morgan fingerprint density at radius 2 is 2.25 bits per heavy atom. The summed E-state index contributed by atoms with van der Waals surface area (Å²) >= 11 is 0.